The number of aromatic hydroxyl groups is 2. The van der Waals surface area contributed by atoms with Gasteiger partial charge in [0.15, 0.2) is 5.17 Å². The molecule has 26 heavy (non-hydrogen) atoms. The summed E-state index contributed by atoms with van der Waals surface area (Å²) in [5.41, 5.74) is 3.35. The number of nitrogens with zero attached hydrogens (tertiary/aromatic N) is 1. The molecule has 2 aromatic carbocycles. The number of phenols is 2. The second-order valence-electron chi connectivity index (χ2n) is 5.73. The Kier molecular flexibility index (Phi) is 5.45. The third-order valence-electron chi connectivity index (χ3n) is 3.71. The molecule has 0 aliphatic carbocycles. The molecule has 134 valence electrons. The van der Waals surface area contributed by atoms with E-state index in [1.54, 1.807) is 6.08 Å². The molecule has 0 spiro atoms. The molecule has 0 atom stereocenters. The lowest BCUT2D eigenvalue weighted by Gasteiger charge is -2.07. The number of benzene rings is 2. The zero-order chi connectivity index (χ0) is 19.0. The van der Waals surface area contributed by atoms with Crippen LogP contribution >= 0.6 is 43.6 Å². The van der Waals surface area contributed by atoms with Gasteiger partial charge in [0.25, 0.3) is 5.91 Å². The Labute approximate surface area is 171 Å². The summed E-state index contributed by atoms with van der Waals surface area (Å²) in [6.45, 7) is 3.98. The molecule has 1 aliphatic heterocycles. The van der Waals surface area contributed by atoms with Crippen molar-refractivity contribution in [2.24, 2.45) is 4.99 Å². The maximum absolute atomic E-state index is 12.2. The van der Waals surface area contributed by atoms with Crippen LogP contribution in [0.4, 0.5) is 5.69 Å². The molecular weight excluding hydrogens is 484 g/mol. The fourth-order valence-electron chi connectivity index (χ4n) is 2.39. The van der Waals surface area contributed by atoms with E-state index in [-0.39, 0.29) is 21.9 Å². The molecule has 1 amide bonds. The molecule has 0 saturated carbocycles. The fraction of sp³-hybridized carbons (Fsp3) is 0.111. The van der Waals surface area contributed by atoms with Crippen molar-refractivity contribution >= 4 is 66.5 Å². The Morgan fingerprint density at radius 1 is 1.15 bits per heavy atom. The molecule has 1 aliphatic rings. The lowest BCUT2D eigenvalue weighted by atomic mass is 10.1. The maximum Gasteiger partial charge on any atom is 0.264 e. The summed E-state index contributed by atoms with van der Waals surface area (Å²) in [7, 11) is 0. The number of rotatable bonds is 2. The van der Waals surface area contributed by atoms with Gasteiger partial charge in [-0.1, -0.05) is 17.7 Å². The Balaban J connectivity index is 1.93. The minimum Gasteiger partial charge on any atom is -0.506 e. The van der Waals surface area contributed by atoms with Crippen molar-refractivity contribution in [2.75, 3.05) is 0 Å². The van der Waals surface area contributed by atoms with Gasteiger partial charge >= 0.3 is 0 Å². The normalized spacial score (nSPS) is 17.2. The van der Waals surface area contributed by atoms with Crippen LogP contribution in [0.15, 0.2) is 43.1 Å². The molecule has 0 bridgehead atoms. The Morgan fingerprint density at radius 3 is 2.58 bits per heavy atom. The van der Waals surface area contributed by atoms with Crippen LogP contribution in [0, 0.1) is 13.8 Å². The lowest BCUT2D eigenvalue weighted by Crippen LogP contribution is -2.19. The van der Waals surface area contributed by atoms with Crippen LogP contribution in [0.1, 0.15) is 16.7 Å². The van der Waals surface area contributed by atoms with E-state index in [2.05, 4.69) is 42.2 Å². The number of carbonyl (C=O) groups is 1. The number of thioether (sulfide) groups is 1. The summed E-state index contributed by atoms with van der Waals surface area (Å²) in [5, 5.41) is 23.2. The Bertz CT molecular complexity index is 987. The second-order valence-corrected chi connectivity index (χ2v) is 8.41. The smallest absolute Gasteiger partial charge is 0.264 e. The zero-order valence-corrected chi connectivity index (χ0v) is 17.8. The van der Waals surface area contributed by atoms with Gasteiger partial charge in [-0.25, -0.2) is 4.99 Å². The maximum atomic E-state index is 12.2. The molecule has 1 heterocycles. The number of aliphatic imine (C=N–C) groups is 1. The minimum absolute atomic E-state index is 0.106. The molecule has 0 radical (unpaired) electrons. The molecular formula is C18H14Br2N2O3S. The second kappa shape index (κ2) is 7.46. The molecule has 3 rings (SSSR count). The largest absolute Gasteiger partial charge is 0.506 e. The number of halogens is 2. The predicted molar refractivity (Wildman–Crippen MR) is 112 cm³/mol. The van der Waals surface area contributed by atoms with Gasteiger partial charge in [-0.3, -0.25) is 4.79 Å². The summed E-state index contributed by atoms with van der Waals surface area (Å²) in [6.07, 6.45) is 1.55. The average molecular weight is 498 g/mol. The summed E-state index contributed by atoms with van der Waals surface area (Å²) in [5.74, 6) is -0.546. The molecule has 1 fully saturated rings. The van der Waals surface area contributed by atoms with Crippen LogP contribution in [-0.4, -0.2) is 21.3 Å². The monoisotopic (exact) mass is 496 g/mol. The van der Waals surface area contributed by atoms with E-state index in [9.17, 15) is 15.0 Å². The molecule has 0 unspecified atom stereocenters. The van der Waals surface area contributed by atoms with Crippen molar-refractivity contribution in [3.05, 3.63) is 54.8 Å². The van der Waals surface area contributed by atoms with E-state index >= 15 is 0 Å². The third kappa shape index (κ3) is 3.82. The van der Waals surface area contributed by atoms with Crippen LogP contribution < -0.4 is 5.32 Å². The highest BCUT2D eigenvalue weighted by Gasteiger charge is 2.25. The van der Waals surface area contributed by atoms with Gasteiger partial charge in [0.1, 0.15) is 16.0 Å². The van der Waals surface area contributed by atoms with Crippen molar-refractivity contribution in [1.82, 2.24) is 5.32 Å². The highest BCUT2D eigenvalue weighted by molar-refractivity contribution is 9.11. The van der Waals surface area contributed by atoms with E-state index in [1.165, 1.54) is 17.8 Å². The molecule has 2 aromatic rings. The van der Waals surface area contributed by atoms with Gasteiger partial charge in [-0.2, -0.15) is 0 Å². The SMILES string of the molecule is Cc1ccc(N=C2NC(=O)/C(=C/c3cc(Br)c(O)c(Br)c3O)S2)c(C)c1. The Hall–Kier alpha value is -1.77. The average Bonchev–Trinajstić information content (AvgIpc) is 2.92. The van der Waals surface area contributed by atoms with Crippen LogP contribution in [-0.2, 0) is 4.79 Å². The van der Waals surface area contributed by atoms with E-state index in [1.807, 2.05) is 32.0 Å². The predicted octanol–water partition coefficient (Wildman–Crippen LogP) is 5.13. The minimum atomic E-state index is -0.293. The highest BCUT2D eigenvalue weighted by Crippen LogP contribution is 2.43. The molecule has 5 nitrogen and oxygen atoms in total. The van der Waals surface area contributed by atoms with Crippen molar-refractivity contribution < 1.29 is 15.0 Å². The number of nitrogens with one attached hydrogen (secondary N) is 1. The van der Waals surface area contributed by atoms with E-state index < -0.39 is 0 Å². The van der Waals surface area contributed by atoms with Crippen LogP contribution in [0.2, 0.25) is 0 Å². The first-order chi connectivity index (χ1) is 12.3. The Morgan fingerprint density at radius 2 is 1.88 bits per heavy atom. The number of amidine groups is 1. The van der Waals surface area contributed by atoms with Crippen molar-refractivity contribution in [1.29, 1.82) is 0 Å². The van der Waals surface area contributed by atoms with Gasteiger partial charge in [0.05, 0.1) is 15.1 Å². The van der Waals surface area contributed by atoms with Gasteiger partial charge in [-0.15, -0.1) is 0 Å². The number of amides is 1. The van der Waals surface area contributed by atoms with Crippen LogP contribution in [0.25, 0.3) is 6.08 Å². The quantitative estimate of drug-likeness (QED) is 0.502. The fourth-order valence-corrected chi connectivity index (χ4v) is 4.37. The first-order valence-corrected chi connectivity index (χ1v) is 9.93. The van der Waals surface area contributed by atoms with Gasteiger partial charge < -0.3 is 15.5 Å². The van der Waals surface area contributed by atoms with Gasteiger partial charge in [0, 0.05) is 5.56 Å². The zero-order valence-electron chi connectivity index (χ0n) is 13.8. The van der Waals surface area contributed by atoms with Crippen molar-refractivity contribution in [2.45, 2.75) is 13.8 Å². The van der Waals surface area contributed by atoms with E-state index in [0.29, 0.717) is 20.1 Å². The van der Waals surface area contributed by atoms with Gasteiger partial charge in [-0.05, 0) is 81.2 Å². The number of phenolic OH excluding ortho intramolecular Hbond substituents is 2. The summed E-state index contributed by atoms with van der Waals surface area (Å²) in [4.78, 5) is 17.1. The first-order valence-electron chi connectivity index (χ1n) is 7.53. The first kappa shape index (κ1) is 19.0. The van der Waals surface area contributed by atoms with Crippen LogP contribution in [0.5, 0.6) is 11.5 Å². The van der Waals surface area contributed by atoms with Crippen LogP contribution in [0.3, 0.4) is 0 Å². The van der Waals surface area contributed by atoms with Gasteiger partial charge in [0.2, 0.25) is 0 Å². The summed E-state index contributed by atoms with van der Waals surface area (Å²) >= 11 is 7.53. The lowest BCUT2D eigenvalue weighted by molar-refractivity contribution is -0.115. The van der Waals surface area contributed by atoms with E-state index in [4.69, 9.17) is 0 Å². The number of carbonyl (C=O) groups excluding carboxylic acids is 1. The molecule has 0 aromatic heterocycles. The summed E-state index contributed by atoms with van der Waals surface area (Å²) in [6, 6.07) is 7.44. The number of aryl methyl sites for hydroxylation is 2. The van der Waals surface area contributed by atoms with Crippen molar-refractivity contribution in [3.8, 4) is 11.5 Å². The molecule has 8 heteroatoms. The molecule has 3 N–H and O–H groups in total. The highest BCUT2D eigenvalue weighted by atomic mass is 79.9. The third-order valence-corrected chi connectivity index (χ3v) is 5.97. The number of hydrogen-bond donors (Lipinski definition) is 3. The summed E-state index contributed by atoms with van der Waals surface area (Å²) < 4.78 is 0.563. The standard InChI is InChI=1S/C18H14Br2N2O3S/c1-8-3-4-12(9(2)5-8)21-18-22-17(25)13(26-18)7-10-6-11(19)16(24)14(20)15(10)23/h3-7,23-24H,1-2H3,(H,21,22,25)/b13-7-. The molecule has 1 saturated heterocycles. The topological polar surface area (TPSA) is 81.9 Å². The van der Waals surface area contributed by atoms with Crippen molar-refractivity contribution in [3.63, 3.8) is 0 Å². The number of hydrogen-bond acceptors (Lipinski definition) is 5. The van der Waals surface area contributed by atoms with E-state index in [0.717, 1.165) is 16.8 Å².